The summed E-state index contributed by atoms with van der Waals surface area (Å²) in [7, 11) is 0. The number of amides is 2. The molecule has 0 saturated carbocycles. The topological polar surface area (TPSA) is 93.7 Å². The van der Waals surface area contributed by atoms with Crippen LogP contribution in [-0.2, 0) is 20.7 Å². The molecule has 0 saturated heterocycles. The summed E-state index contributed by atoms with van der Waals surface area (Å²) >= 11 is 0. The summed E-state index contributed by atoms with van der Waals surface area (Å²) in [5.74, 6) is -0.211. The van der Waals surface area contributed by atoms with Crippen molar-refractivity contribution in [1.29, 1.82) is 0 Å². The van der Waals surface area contributed by atoms with Crippen LogP contribution in [0.4, 0.5) is 0 Å². The van der Waals surface area contributed by atoms with E-state index in [0.717, 1.165) is 12.8 Å². The fourth-order valence-corrected chi connectivity index (χ4v) is 2.97. The molecule has 7 heteroatoms. The zero-order chi connectivity index (χ0) is 23.3. The van der Waals surface area contributed by atoms with Crippen LogP contribution in [0, 0.1) is 0 Å². The van der Waals surface area contributed by atoms with E-state index in [9.17, 15) is 14.4 Å². The Morgan fingerprint density at radius 1 is 0.727 bits per heavy atom. The van der Waals surface area contributed by atoms with E-state index in [-0.39, 0.29) is 19.1 Å². The molecule has 7 nitrogen and oxygen atoms in total. The summed E-state index contributed by atoms with van der Waals surface area (Å²) in [6, 6.07) is 25.8. The smallest absolute Gasteiger partial charge is 0.325 e. The molecule has 2 N–H and O–H groups in total. The normalized spacial score (nSPS) is 10.2. The maximum absolute atomic E-state index is 12.2. The number of esters is 1. The third-order valence-electron chi connectivity index (χ3n) is 4.66. The van der Waals surface area contributed by atoms with E-state index in [1.807, 2.05) is 60.7 Å². The monoisotopic (exact) mass is 446 g/mol. The Bertz CT molecular complexity index is 1040. The number of ether oxygens (including phenoxy) is 2. The predicted octanol–water partition coefficient (Wildman–Crippen LogP) is 3.50. The number of aryl methyl sites for hydroxylation is 1. The van der Waals surface area contributed by atoms with Gasteiger partial charge in [-0.25, -0.2) is 0 Å². The van der Waals surface area contributed by atoms with E-state index >= 15 is 0 Å². The van der Waals surface area contributed by atoms with Crippen molar-refractivity contribution in [2.75, 3.05) is 19.7 Å². The lowest BCUT2D eigenvalue weighted by atomic mass is 10.1. The van der Waals surface area contributed by atoms with Crippen LogP contribution in [0.25, 0.3) is 0 Å². The molecule has 170 valence electrons. The van der Waals surface area contributed by atoms with Gasteiger partial charge in [-0.1, -0.05) is 48.5 Å². The van der Waals surface area contributed by atoms with Crippen LogP contribution in [0.1, 0.15) is 22.3 Å². The SMILES string of the molecule is O=C(COC(=O)CNC(=O)c1ccc(Oc2ccccc2)cc1)NCCCc1ccccc1. The molecule has 3 rings (SSSR count). The third kappa shape index (κ3) is 8.49. The van der Waals surface area contributed by atoms with E-state index in [2.05, 4.69) is 10.6 Å². The van der Waals surface area contributed by atoms with Crippen LogP contribution in [0.5, 0.6) is 11.5 Å². The first-order valence-corrected chi connectivity index (χ1v) is 10.7. The Hall–Kier alpha value is -4.13. The quantitative estimate of drug-likeness (QED) is 0.347. The van der Waals surface area contributed by atoms with Crippen LogP contribution >= 0.6 is 0 Å². The minimum absolute atomic E-state index is 0.331. The number of benzene rings is 3. The molecule has 2 amide bonds. The number of carbonyl (C=O) groups is 3. The second-order valence-electron chi connectivity index (χ2n) is 7.22. The van der Waals surface area contributed by atoms with Gasteiger partial charge in [0, 0.05) is 12.1 Å². The highest BCUT2D eigenvalue weighted by molar-refractivity contribution is 5.96. The molecule has 0 bridgehead atoms. The van der Waals surface area contributed by atoms with E-state index in [4.69, 9.17) is 9.47 Å². The van der Waals surface area contributed by atoms with Crippen molar-refractivity contribution < 1.29 is 23.9 Å². The fourth-order valence-electron chi connectivity index (χ4n) is 2.97. The lowest BCUT2D eigenvalue weighted by molar-refractivity contribution is -0.147. The fraction of sp³-hybridized carbons (Fsp3) is 0.192. The first kappa shape index (κ1) is 23.5. The average molecular weight is 447 g/mol. The maximum Gasteiger partial charge on any atom is 0.325 e. The van der Waals surface area contributed by atoms with Gasteiger partial charge in [0.05, 0.1) is 0 Å². The second kappa shape index (κ2) is 12.7. The lowest BCUT2D eigenvalue weighted by Gasteiger charge is -2.09. The number of hydrogen-bond acceptors (Lipinski definition) is 5. The summed E-state index contributed by atoms with van der Waals surface area (Å²) in [5.41, 5.74) is 1.58. The maximum atomic E-state index is 12.2. The van der Waals surface area contributed by atoms with E-state index in [0.29, 0.717) is 23.6 Å². The summed E-state index contributed by atoms with van der Waals surface area (Å²) in [5, 5.41) is 5.18. The van der Waals surface area contributed by atoms with Gasteiger partial charge in [0.25, 0.3) is 11.8 Å². The molecule has 0 aromatic heterocycles. The number of hydrogen-bond donors (Lipinski definition) is 2. The Morgan fingerprint density at radius 3 is 2.06 bits per heavy atom. The highest BCUT2D eigenvalue weighted by Gasteiger charge is 2.11. The van der Waals surface area contributed by atoms with Crippen molar-refractivity contribution in [3.05, 3.63) is 96.1 Å². The molecule has 0 heterocycles. The highest BCUT2D eigenvalue weighted by Crippen LogP contribution is 2.21. The largest absolute Gasteiger partial charge is 0.457 e. The number of nitrogens with one attached hydrogen (secondary N) is 2. The molecule has 3 aromatic carbocycles. The van der Waals surface area contributed by atoms with Gasteiger partial charge in [-0.2, -0.15) is 0 Å². The molecule has 0 spiro atoms. The van der Waals surface area contributed by atoms with Gasteiger partial charge < -0.3 is 20.1 Å². The van der Waals surface area contributed by atoms with Crippen molar-refractivity contribution in [3.8, 4) is 11.5 Å². The van der Waals surface area contributed by atoms with Crippen molar-refractivity contribution in [2.45, 2.75) is 12.8 Å². The van der Waals surface area contributed by atoms with Gasteiger partial charge in [-0.15, -0.1) is 0 Å². The van der Waals surface area contributed by atoms with Crippen LogP contribution in [0.3, 0.4) is 0 Å². The number of para-hydroxylation sites is 1. The van der Waals surface area contributed by atoms with Gasteiger partial charge in [0.1, 0.15) is 18.0 Å². The van der Waals surface area contributed by atoms with Crippen molar-refractivity contribution in [1.82, 2.24) is 10.6 Å². The van der Waals surface area contributed by atoms with Gasteiger partial charge in [0.2, 0.25) is 0 Å². The third-order valence-corrected chi connectivity index (χ3v) is 4.66. The van der Waals surface area contributed by atoms with E-state index in [1.54, 1.807) is 24.3 Å². The zero-order valence-electron chi connectivity index (χ0n) is 18.2. The first-order valence-electron chi connectivity index (χ1n) is 10.7. The summed E-state index contributed by atoms with van der Waals surface area (Å²) < 4.78 is 10.6. The number of carbonyl (C=O) groups excluding carboxylic acids is 3. The lowest BCUT2D eigenvalue weighted by Crippen LogP contribution is -2.34. The molecule has 0 aliphatic rings. The molecule has 0 aliphatic heterocycles. The Kier molecular flexibility index (Phi) is 9.03. The first-order chi connectivity index (χ1) is 16.1. The molecular formula is C26H26N2O5. The number of rotatable bonds is 11. The Balaban J connectivity index is 1.30. The van der Waals surface area contributed by atoms with Crippen molar-refractivity contribution >= 4 is 17.8 Å². The molecule has 0 radical (unpaired) electrons. The molecule has 0 aliphatic carbocycles. The van der Waals surface area contributed by atoms with E-state index in [1.165, 1.54) is 5.56 Å². The van der Waals surface area contributed by atoms with Crippen molar-refractivity contribution in [3.63, 3.8) is 0 Å². The minimum atomic E-state index is -0.688. The zero-order valence-corrected chi connectivity index (χ0v) is 18.2. The van der Waals surface area contributed by atoms with Gasteiger partial charge >= 0.3 is 5.97 Å². The van der Waals surface area contributed by atoms with Crippen LogP contribution in [-0.4, -0.2) is 37.5 Å². The molecule has 0 unspecified atom stereocenters. The Morgan fingerprint density at radius 2 is 1.36 bits per heavy atom. The molecule has 0 atom stereocenters. The van der Waals surface area contributed by atoms with Crippen LogP contribution in [0.15, 0.2) is 84.9 Å². The van der Waals surface area contributed by atoms with Gasteiger partial charge in [-0.3, -0.25) is 14.4 Å². The minimum Gasteiger partial charge on any atom is -0.457 e. The molecule has 33 heavy (non-hydrogen) atoms. The van der Waals surface area contributed by atoms with E-state index < -0.39 is 11.9 Å². The highest BCUT2D eigenvalue weighted by atomic mass is 16.5. The predicted molar refractivity (Wildman–Crippen MR) is 124 cm³/mol. The second-order valence-corrected chi connectivity index (χ2v) is 7.22. The Labute approximate surface area is 192 Å². The summed E-state index contributed by atoms with van der Waals surface area (Å²) in [6.45, 7) is -0.222. The van der Waals surface area contributed by atoms with Crippen LogP contribution < -0.4 is 15.4 Å². The molecule has 3 aromatic rings. The van der Waals surface area contributed by atoms with Gasteiger partial charge in [0.15, 0.2) is 6.61 Å². The average Bonchev–Trinajstić information content (AvgIpc) is 2.85. The van der Waals surface area contributed by atoms with Gasteiger partial charge in [-0.05, 0) is 54.8 Å². The van der Waals surface area contributed by atoms with Crippen molar-refractivity contribution in [2.24, 2.45) is 0 Å². The summed E-state index contributed by atoms with van der Waals surface area (Å²) in [4.78, 5) is 35.8. The summed E-state index contributed by atoms with van der Waals surface area (Å²) in [6.07, 6.45) is 1.64. The van der Waals surface area contributed by atoms with Crippen LogP contribution in [0.2, 0.25) is 0 Å². The molecule has 0 fully saturated rings. The molecular weight excluding hydrogens is 420 g/mol. The standard InChI is InChI=1S/C26H26N2O5/c29-24(27-17-7-10-20-8-3-1-4-9-20)19-32-25(30)18-28-26(31)21-13-15-23(16-14-21)33-22-11-5-2-6-12-22/h1-6,8-9,11-16H,7,10,17-19H2,(H,27,29)(H,28,31).